The van der Waals surface area contributed by atoms with Gasteiger partial charge >= 0.3 is 0 Å². The second-order valence-corrected chi connectivity index (χ2v) is 6.76. The molecule has 2 aromatic carbocycles. The van der Waals surface area contributed by atoms with Gasteiger partial charge in [0.15, 0.2) is 5.13 Å². The summed E-state index contributed by atoms with van der Waals surface area (Å²) in [5.41, 5.74) is 2.04. The zero-order valence-electron chi connectivity index (χ0n) is 11.5. The van der Waals surface area contributed by atoms with Gasteiger partial charge in [0, 0.05) is 21.0 Å². The van der Waals surface area contributed by atoms with Crippen molar-refractivity contribution in [1.29, 1.82) is 0 Å². The monoisotopic (exact) mass is 382 g/mol. The summed E-state index contributed by atoms with van der Waals surface area (Å²) in [6.45, 7) is 0. The molecule has 1 heterocycles. The first-order valence-corrected chi connectivity index (χ1v) is 8.52. The molecule has 3 rings (SSSR count). The van der Waals surface area contributed by atoms with E-state index in [1.807, 2.05) is 17.5 Å². The largest absolute Gasteiger partial charge is 0.298 e. The molecule has 0 saturated heterocycles. The van der Waals surface area contributed by atoms with Crippen molar-refractivity contribution in [2.75, 3.05) is 5.32 Å². The highest BCUT2D eigenvalue weighted by Crippen LogP contribution is 2.27. The number of nitrogens with one attached hydrogen (secondary N) is 1. The molecule has 3 nitrogen and oxygen atoms in total. The van der Waals surface area contributed by atoms with Crippen LogP contribution in [0.4, 0.5) is 5.13 Å². The van der Waals surface area contributed by atoms with E-state index < -0.39 is 0 Å². The van der Waals surface area contributed by atoms with Crippen LogP contribution < -0.4 is 5.32 Å². The van der Waals surface area contributed by atoms with Gasteiger partial charge in [0.05, 0.1) is 16.3 Å². The lowest BCUT2D eigenvalue weighted by molar-refractivity contribution is 0.102. The molecule has 3 aromatic rings. The Morgan fingerprint density at radius 3 is 2.39 bits per heavy atom. The Morgan fingerprint density at radius 1 is 1.00 bits per heavy atom. The molecular formula is C16H9Cl3N2OS. The molecule has 0 fully saturated rings. The van der Waals surface area contributed by atoms with Crippen LogP contribution in [-0.4, -0.2) is 10.9 Å². The van der Waals surface area contributed by atoms with Crippen molar-refractivity contribution >= 4 is 57.2 Å². The van der Waals surface area contributed by atoms with Gasteiger partial charge in [0.25, 0.3) is 5.91 Å². The van der Waals surface area contributed by atoms with Gasteiger partial charge in [-0.2, -0.15) is 0 Å². The predicted molar refractivity (Wildman–Crippen MR) is 97.0 cm³/mol. The van der Waals surface area contributed by atoms with E-state index in [-0.39, 0.29) is 5.91 Å². The number of benzene rings is 2. The summed E-state index contributed by atoms with van der Waals surface area (Å²) in [4.78, 5) is 16.6. The average molecular weight is 384 g/mol. The standard InChI is InChI=1S/C16H9Cl3N2OS/c17-10-3-1-9(2-4-10)14-8-23-16(20-14)21-15(22)12-6-5-11(18)7-13(12)19/h1-8H,(H,20,21,22). The van der Waals surface area contributed by atoms with E-state index in [0.717, 1.165) is 11.3 Å². The third-order valence-corrected chi connectivity index (χ3v) is 4.60. The lowest BCUT2D eigenvalue weighted by atomic mass is 10.2. The number of aromatic nitrogens is 1. The number of hydrogen-bond acceptors (Lipinski definition) is 3. The lowest BCUT2D eigenvalue weighted by Gasteiger charge is -2.04. The quantitative estimate of drug-likeness (QED) is 0.600. The number of carbonyl (C=O) groups is 1. The van der Waals surface area contributed by atoms with Crippen LogP contribution in [0.25, 0.3) is 11.3 Å². The van der Waals surface area contributed by atoms with Gasteiger partial charge in [-0.1, -0.05) is 46.9 Å². The molecule has 23 heavy (non-hydrogen) atoms. The number of thiazole rings is 1. The summed E-state index contributed by atoms with van der Waals surface area (Å²) < 4.78 is 0. The number of anilines is 1. The fraction of sp³-hybridized carbons (Fsp3) is 0. The van der Waals surface area contributed by atoms with Crippen LogP contribution in [0.5, 0.6) is 0 Å². The fourth-order valence-electron chi connectivity index (χ4n) is 1.92. The molecule has 0 saturated carbocycles. The Labute approximate surface area is 151 Å². The molecule has 116 valence electrons. The minimum atomic E-state index is -0.330. The van der Waals surface area contributed by atoms with Gasteiger partial charge in [0.1, 0.15) is 0 Å². The Morgan fingerprint density at radius 2 is 1.70 bits per heavy atom. The summed E-state index contributed by atoms with van der Waals surface area (Å²) in [6.07, 6.45) is 0. The highest BCUT2D eigenvalue weighted by atomic mass is 35.5. The van der Waals surface area contributed by atoms with Crippen LogP contribution >= 0.6 is 46.1 Å². The second-order valence-electron chi connectivity index (χ2n) is 4.62. The van der Waals surface area contributed by atoms with E-state index in [4.69, 9.17) is 34.8 Å². The Kier molecular flexibility index (Phi) is 4.87. The van der Waals surface area contributed by atoms with Crippen molar-refractivity contribution in [3.05, 3.63) is 68.5 Å². The molecule has 0 unspecified atom stereocenters. The third-order valence-electron chi connectivity index (χ3n) is 3.04. The molecule has 1 N–H and O–H groups in total. The molecule has 0 spiro atoms. The summed E-state index contributed by atoms with van der Waals surface area (Å²) >= 11 is 19.1. The minimum Gasteiger partial charge on any atom is -0.298 e. The zero-order valence-corrected chi connectivity index (χ0v) is 14.6. The topological polar surface area (TPSA) is 42.0 Å². The first-order valence-electron chi connectivity index (χ1n) is 6.51. The molecule has 1 aromatic heterocycles. The number of rotatable bonds is 3. The number of amides is 1. The minimum absolute atomic E-state index is 0.296. The van der Waals surface area contributed by atoms with Gasteiger partial charge in [-0.25, -0.2) is 4.98 Å². The summed E-state index contributed by atoms with van der Waals surface area (Å²) in [7, 11) is 0. The van der Waals surface area contributed by atoms with Crippen molar-refractivity contribution in [3.63, 3.8) is 0 Å². The summed E-state index contributed by atoms with van der Waals surface area (Å²) in [5.74, 6) is -0.330. The van der Waals surface area contributed by atoms with E-state index >= 15 is 0 Å². The molecule has 7 heteroatoms. The molecule has 0 radical (unpaired) electrons. The smallest absolute Gasteiger partial charge is 0.258 e. The van der Waals surface area contributed by atoms with Crippen LogP contribution in [0.15, 0.2) is 47.8 Å². The van der Waals surface area contributed by atoms with E-state index in [1.165, 1.54) is 17.4 Å². The first kappa shape index (κ1) is 16.3. The Bertz CT molecular complexity index is 862. The van der Waals surface area contributed by atoms with Crippen LogP contribution in [0.2, 0.25) is 15.1 Å². The molecular weight excluding hydrogens is 375 g/mol. The van der Waals surface area contributed by atoms with Crippen molar-refractivity contribution in [3.8, 4) is 11.3 Å². The van der Waals surface area contributed by atoms with E-state index in [9.17, 15) is 4.79 Å². The van der Waals surface area contributed by atoms with Crippen molar-refractivity contribution in [2.24, 2.45) is 0 Å². The molecule has 0 aliphatic carbocycles. The lowest BCUT2D eigenvalue weighted by Crippen LogP contribution is -2.12. The van der Waals surface area contributed by atoms with Crippen LogP contribution in [-0.2, 0) is 0 Å². The SMILES string of the molecule is O=C(Nc1nc(-c2ccc(Cl)cc2)cs1)c1ccc(Cl)cc1Cl. The van der Waals surface area contributed by atoms with E-state index in [2.05, 4.69) is 10.3 Å². The third kappa shape index (κ3) is 3.85. The van der Waals surface area contributed by atoms with Gasteiger partial charge in [-0.15, -0.1) is 11.3 Å². The molecule has 0 bridgehead atoms. The highest BCUT2D eigenvalue weighted by molar-refractivity contribution is 7.14. The van der Waals surface area contributed by atoms with Crippen LogP contribution in [0.3, 0.4) is 0 Å². The zero-order chi connectivity index (χ0) is 16.4. The maximum absolute atomic E-state index is 12.2. The van der Waals surface area contributed by atoms with Gasteiger partial charge in [0.2, 0.25) is 0 Å². The van der Waals surface area contributed by atoms with Crippen molar-refractivity contribution < 1.29 is 4.79 Å². The van der Waals surface area contributed by atoms with Gasteiger partial charge in [-0.05, 0) is 30.3 Å². The van der Waals surface area contributed by atoms with Crippen molar-refractivity contribution in [1.82, 2.24) is 4.98 Å². The maximum atomic E-state index is 12.2. The summed E-state index contributed by atoms with van der Waals surface area (Å²) in [5, 5.41) is 6.53. The predicted octanol–water partition coefficient (Wildman–Crippen LogP) is 6.02. The number of halogens is 3. The van der Waals surface area contributed by atoms with Crippen molar-refractivity contribution in [2.45, 2.75) is 0 Å². The average Bonchev–Trinajstić information content (AvgIpc) is 2.96. The molecule has 0 aliphatic heterocycles. The van der Waals surface area contributed by atoms with Gasteiger partial charge < -0.3 is 0 Å². The Balaban J connectivity index is 1.78. The normalized spacial score (nSPS) is 10.6. The number of hydrogen-bond donors (Lipinski definition) is 1. The fourth-order valence-corrected chi connectivity index (χ4v) is 3.26. The second kappa shape index (κ2) is 6.89. The van der Waals surface area contributed by atoms with Crippen LogP contribution in [0.1, 0.15) is 10.4 Å². The van der Waals surface area contributed by atoms with E-state index in [1.54, 1.807) is 24.3 Å². The van der Waals surface area contributed by atoms with Gasteiger partial charge in [-0.3, -0.25) is 10.1 Å². The Hall–Kier alpha value is -1.59. The molecule has 1 amide bonds. The first-order chi connectivity index (χ1) is 11.0. The highest BCUT2D eigenvalue weighted by Gasteiger charge is 2.13. The summed E-state index contributed by atoms with van der Waals surface area (Å²) in [6, 6.07) is 12.1. The van der Waals surface area contributed by atoms with E-state index in [0.29, 0.717) is 25.8 Å². The molecule has 0 aliphatic rings. The number of carbonyl (C=O) groups excluding carboxylic acids is 1. The van der Waals surface area contributed by atoms with Crippen LogP contribution in [0, 0.1) is 0 Å². The number of nitrogens with zero attached hydrogens (tertiary/aromatic N) is 1. The molecule has 0 atom stereocenters. The maximum Gasteiger partial charge on any atom is 0.258 e.